The molecule has 0 aromatic heterocycles. The monoisotopic (exact) mass is 273 g/mol. The Bertz CT molecular complexity index is 189. The van der Waals surface area contributed by atoms with Crippen LogP contribution < -0.4 is 5.32 Å². The van der Waals surface area contributed by atoms with Crippen LogP contribution in [0.25, 0.3) is 0 Å². The van der Waals surface area contributed by atoms with Gasteiger partial charge in [-0.05, 0) is 37.4 Å². The summed E-state index contributed by atoms with van der Waals surface area (Å²) in [7, 11) is 0. The number of rotatable bonds is 9. The number of nitrogens with one attached hydrogen (secondary N) is 1. The zero-order chi connectivity index (χ0) is 13.1. The molecule has 0 heterocycles. The molecule has 2 unspecified atom stereocenters. The van der Waals surface area contributed by atoms with Gasteiger partial charge in [0.05, 0.1) is 0 Å². The molecule has 1 fully saturated rings. The van der Waals surface area contributed by atoms with Crippen LogP contribution in [-0.4, -0.2) is 35.8 Å². The summed E-state index contributed by atoms with van der Waals surface area (Å²) in [5.41, 5.74) is 0. The minimum atomic E-state index is 0.335. The summed E-state index contributed by atoms with van der Waals surface area (Å²) in [5.74, 6) is 3.29. The van der Waals surface area contributed by atoms with Crippen molar-refractivity contribution in [2.75, 3.05) is 24.7 Å². The lowest BCUT2D eigenvalue weighted by atomic mass is 9.95. The van der Waals surface area contributed by atoms with Gasteiger partial charge in [0.2, 0.25) is 0 Å². The summed E-state index contributed by atoms with van der Waals surface area (Å²) in [6.07, 6.45) is 10.8. The first-order valence-electron chi connectivity index (χ1n) is 7.78. The summed E-state index contributed by atoms with van der Waals surface area (Å²) >= 11 is 1.96. The quantitative estimate of drug-likeness (QED) is 0.498. The number of hydrogen-bond donors (Lipinski definition) is 2. The highest BCUT2D eigenvalue weighted by Gasteiger charge is 2.17. The van der Waals surface area contributed by atoms with Gasteiger partial charge in [0.1, 0.15) is 0 Å². The van der Waals surface area contributed by atoms with E-state index in [1.807, 2.05) is 11.8 Å². The molecule has 0 saturated heterocycles. The fraction of sp³-hybridized carbons (Fsp3) is 1.00. The normalized spacial score (nSPS) is 25.0. The van der Waals surface area contributed by atoms with Crippen LogP contribution in [0.1, 0.15) is 58.3 Å². The van der Waals surface area contributed by atoms with Gasteiger partial charge in [0.15, 0.2) is 0 Å². The van der Waals surface area contributed by atoms with Crippen molar-refractivity contribution in [2.24, 2.45) is 5.92 Å². The van der Waals surface area contributed by atoms with Crippen molar-refractivity contribution in [2.45, 2.75) is 64.3 Å². The molecule has 1 saturated carbocycles. The second kappa shape index (κ2) is 11.1. The van der Waals surface area contributed by atoms with Gasteiger partial charge in [-0.3, -0.25) is 0 Å². The van der Waals surface area contributed by atoms with Crippen LogP contribution in [0, 0.1) is 5.92 Å². The summed E-state index contributed by atoms with van der Waals surface area (Å²) in [5, 5.41) is 12.4. The van der Waals surface area contributed by atoms with Gasteiger partial charge < -0.3 is 10.4 Å². The van der Waals surface area contributed by atoms with Crippen molar-refractivity contribution in [3.05, 3.63) is 0 Å². The van der Waals surface area contributed by atoms with Gasteiger partial charge in [-0.2, -0.15) is 11.8 Å². The van der Waals surface area contributed by atoms with E-state index in [1.165, 1.54) is 50.7 Å². The van der Waals surface area contributed by atoms with Gasteiger partial charge in [-0.15, -0.1) is 0 Å². The third-order valence-electron chi connectivity index (χ3n) is 3.91. The summed E-state index contributed by atoms with van der Waals surface area (Å²) < 4.78 is 0. The Balaban J connectivity index is 2.01. The first-order chi connectivity index (χ1) is 8.86. The fourth-order valence-electron chi connectivity index (χ4n) is 2.88. The molecular formula is C15H31NOS. The Morgan fingerprint density at radius 2 is 2.06 bits per heavy atom. The summed E-state index contributed by atoms with van der Waals surface area (Å²) in [6, 6.07) is 0.769. The fourth-order valence-corrected chi connectivity index (χ4v) is 3.68. The third kappa shape index (κ3) is 7.65. The minimum Gasteiger partial charge on any atom is -0.396 e. The topological polar surface area (TPSA) is 32.3 Å². The average molecular weight is 273 g/mol. The lowest BCUT2D eigenvalue weighted by molar-refractivity contribution is 0.296. The lowest BCUT2D eigenvalue weighted by Crippen LogP contribution is -2.30. The zero-order valence-corrected chi connectivity index (χ0v) is 12.8. The molecule has 1 aliphatic carbocycles. The molecule has 2 nitrogen and oxygen atoms in total. The average Bonchev–Trinajstić information content (AvgIpc) is 2.60. The number of aliphatic hydroxyl groups excluding tert-OH is 1. The molecule has 2 N–H and O–H groups in total. The van der Waals surface area contributed by atoms with Crippen LogP contribution in [0.3, 0.4) is 0 Å². The van der Waals surface area contributed by atoms with Crippen LogP contribution in [-0.2, 0) is 0 Å². The van der Waals surface area contributed by atoms with Crippen molar-refractivity contribution < 1.29 is 5.11 Å². The van der Waals surface area contributed by atoms with Gasteiger partial charge >= 0.3 is 0 Å². The maximum Gasteiger partial charge on any atom is 0.0438 e. The van der Waals surface area contributed by atoms with E-state index in [4.69, 9.17) is 5.11 Å². The SMILES string of the molecule is CCCC1CCCC(NCCSCCCO)CC1. The van der Waals surface area contributed by atoms with E-state index in [2.05, 4.69) is 12.2 Å². The number of aliphatic hydroxyl groups is 1. The van der Waals surface area contributed by atoms with Gasteiger partial charge in [-0.25, -0.2) is 0 Å². The summed E-state index contributed by atoms with van der Waals surface area (Å²) in [4.78, 5) is 0. The van der Waals surface area contributed by atoms with Crippen LogP contribution in [0.2, 0.25) is 0 Å². The molecule has 0 aromatic carbocycles. The molecule has 1 aliphatic rings. The lowest BCUT2D eigenvalue weighted by Gasteiger charge is -2.16. The first kappa shape index (κ1) is 16.3. The van der Waals surface area contributed by atoms with Gasteiger partial charge in [0.25, 0.3) is 0 Å². The van der Waals surface area contributed by atoms with Gasteiger partial charge in [0, 0.05) is 24.9 Å². The minimum absolute atomic E-state index is 0.335. The van der Waals surface area contributed by atoms with Crippen LogP contribution in [0.15, 0.2) is 0 Å². The Kier molecular flexibility index (Phi) is 10.1. The maximum absolute atomic E-state index is 8.70. The smallest absolute Gasteiger partial charge is 0.0438 e. The Morgan fingerprint density at radius 3 is 2.83 bits per heavy atom. The molecule has 0 amide bonds. The van der Waals surface area contributed by atoms with E-state index in [9.17, 15) is 0 Å². The van der Waals surface area contributed by atoms with E-state index in [1.54, 1.807) is 0 Å². The molecular weight excluding hydrogens is 242 g/mol. The van der Waals surface area contributed by atoms with Crippen molar-refractivity contribution >= 4 is 11.8 Å². The third-order valence-corrected chi connectivity index (χ3v) is 4.98. The molecule has 3 heteroatoms. The highest BCUT2D eigenvalue weighted by atomic mass is 32.2. The molecule has 18 heavy (non-hydrogen) atoms. The van der Waals surface area contributed by atoms with Crippen molar-refractivity contribution in [3.63, 3.8) is 0 Å². The Morgan fingerprint density at radius 1 is 1.17 bits per heavy atom. The zero-order valence-electron chi connectivity index (χ0n) is 12.0. The Labute approximate surface area is 117 Å². The molecule has 0 aliphatic heterocycles. The number of thioether (sulfide) groups is 1. The second-order valence-corrected chi connectivity index (χ2v) is 6.73. The maximum atomic E-state index is 8.70. The van der Waals surface area contributed by atoms with E-state index in [0.717, 1.165) is 30.7 Å². The first-order valence-corrected chi connectivity index (χ1v) is 8.94. The second-order valence-electron chi connectivity index (χ2n) is 5.50. The van der Waals surface area contributed by atoms with Crippen LogP contribution >= 0.6 is 11.8 Å². The molecule has 108 valence electrons. The van der Waals surface area contributed by atoms with E-state index in [-0.39, 0.29) is 0 Å². The van der Waals surface area contributed by atoms with Crippen molar-refractivity contribution in [1.82, 2.24) is 5.32 Å². The molecule has 0 radical (unpaired) electrons. The van der Waals surface area contributed by atoms with E-state index >= 15 is 0 Å². The van der Waals surface area contributed by atoms with Crippen molar-refractivity contribution in [1.29, 1.82) is 0 Å². The molecule has 0 bridgehead atoms. The van der Waals surface area contributed by atoms with E-state index in [0.29, 0.717) is 6.61 Å². The highest BCUT2D eigenvalue weighted by Crippen LogP contribution is 2.26. The number of hydrogen-bond acceptors (Lipinski definition) is 3. The molecule has 0 aromatic rings. The van der Waals surface area contributed by atoms with Crippen molar-refractivity contribution in [3.8, 4) is 0 Å². The van der Waals surface area contributed by atoms with E-state index < -0.39 is 0 Å². The van der Waals surface area contributed by atoms with Crippen LogP contribution in [0.4, 0.5) is 0 Å². The molecule has 0 spiro atoms. The highest BCUT2D eigenvalue weighted by molar-refractivity contribution is 7.99. The molecule has 1 rings (SSSR count). The largest absolute Gasteiger partial charge is 0.396 e. The van der Waals surface area contributed by atoms with Gasteiger partial charge in [-0.1, -0.05) is 32.6 Å². The predicted molar refractivity (Wildman–Crippen MR) is 82.3 cm³/mol. The standard InChI is InChI=1S/C15H31NOS/c1-2-5-14-6-3-7-15(9-8-14)16-10-13-18-12-4-11-17/h14-17H,2-13H2,1H3. The predicted octanol–water partition coefficient (Wildman–Crippen LogP) is 3.44. The molecule has 2 atom stereocenters. The summed E-state index contributed by atoms with van der Waals surface area (Å²) in [6.45, 7) is 3.78. The van der Waals surface area contributed by atoms with Crippen LogP contribution in [0.5, 0.6) is 0 Å². The Hall–Kier alpha value is 0.270.